The van der Waals surface area contributed by atoms with Gasteiger partial charge < -0.3 is 19.7 Å². The van der Waals surface area contributed by atoms with Gasteiger partial charge >= 0.3 is 0 Å². The fraction of sp³-hybridized carbons (Fsp3) is 0.552. The minimum absolute atomic E-state index is 0.0519. The van der Waals surface area contributed by atoms with Crippen LogP contribution in [0.5, 0.6) is 5.75 Å². The number of carbonyl (C=O) groups excluding carboxylic acids is 1. The lowest BCUT2D eigenvalue weighted by Crippen LogP contribution is -2.61. The molecule has 8 nitrogen and oxygen atoms in total. The van der Waals surface area contributed by atoms with E-state index in [0.29, 0.717) is 24.5 Å². The Hall–Kier alpha value is -3.15. The summed E-state index contributed by atoms with van der Waals surface area (Å²) in [7, 11) is 0. The topological polar surface area (TPSA) is 79.8 Å². The number of ether oxygens (including phenoxy) is 2. The highest BCUT2D eigenvalue weighted by molar-refractivity contribution is 5.94. The average Bonchev–Trinajstić information content (AvgIpc) is 3.08. The number of aryl methyl sites for hydroxylation is 1. The predicted octanol–water partition coefficient (Wildman–Crippen LogP) is 3.73. The van der Waals surface area contributed by atoms with Gasteiger partial charge in [0.2, 0.25) is 0 Å². The number of pyridine rings is 2. The van der Waals surface area contributed by atoms with Crippen LogP contribution < -0.4 is 10.1 Å². The Morgan fingerprint density at radius 2 is 1.92 bits per heavy atom. The predicted molar refractivity (Wildman–Crippen MR) is 141 cm³/mol. The van der Waals surface area contributed by atoms with Crippen molar-refractivity contribution in [2.24, 2.45) is 0 Å². The zero-order valence-electron chi connectivity index (χ0n) is 21.8. The van der Waals surface area contributed by atoms with Crippen LogP contribution in [0.3, 0.4) is 0 Å². The molecule has 0 atom stereocenters. The maximum absolute atomic E-state index is 11.9. The van der Waals surface area contributed by atoms with Crippen molar-refractivity contribution in [3.8, 4) is 17.6 Å². The lowest BCUT2D eigenvalue weighted by atomic mass is 9.89. The lowest BCUT2D eigenvalue weighted by molar-refractivity contribution is -0.132. The fourth-order valence-corrected chi connectivity index (χ4v) is 6.20. The Kier molecular flexibility index (Phi) is 6.74. The second-order valence-corrected chi connectivity index (χ2v) is 10.6. The van der Waals surface area contributed by atoms with E-state index in [4.69, 9.17) is 19.4 Å². The van der Waals surface area contributed by atoms with Crippen LogP contribution in [0.1, 0.15) is 67.0 Å². The highest BCUT2D eigenvalue weighted by Crippen LogP contribution is 2.41. The second kappa shape index (κ2) is 10.3. The maximum atomic E-state index is 11.9. The van der Waals surface area contributed by atoms with Crippen molar-refractivity contribution in [3.63, 3.8) is 0 Å². The van der Waals surface area contributed by atoms with Crippen LogP contribution >= 0.6 is 0 Å². The SMILES string of the molecule is CC#CC(=O)N1CC(N2CCC(c3cc4c(c(C)n3)OCc3c(C5CCOCC5)ccnc3N4)CC2)C1. The number of rotatable bonds is 3. The minimum Gasteiger partial charge on any atom is -0.485 e. The van der Waals surface area contributed by atoms with Gasteiger partial charge in [-0.05, 0) is 82.2 Å². The van der Waals surface area contributed by atoms with Crippen LogP contribution in [-0.4, -0.2) is 71.1 Å². The quantitative estimate of drug-likeness (QED) is 0.642. The summed E-state index contributed by atoms with van der Waals surface area (Å²) in [5.41, 5.74) is 5.49. The smallest absolute Gasteiger partial charge is 0.298 e. The Labute approximate surface area is 218 Å². The third-order valence-electron chi connectivity index (χ3n) is 8.37. The Balaban J connectivity index is 1.14. The normalized spacial score (nSPS) is 20.9. The molecule has 2 aromatic rings. The van der Waals surface area contributed by atoms with Gasteiger partial charge in [-0.1, -0.05) is 5.92 Å². The van der Waals surface area contributed by atoms with Crippen molar-refractivity contribution in [1.82, 2.24) is 19.8 Å². The number of aromatic nitrogens is 2. The third kappa shape index (κ3) is 4.78. The molecule has 194 valence electrons. The molecular weight excluding hydrogens is 466 g/mol. The van der Waals surface area contributed by atoms with Crippen LogP contribution in [0.15, 0.2) is 18.3 Å². The number of likely N-dealkylation sites (tertiary alicyclic amines) is 2. The van der Waals surface area contributed by atoms with E-state index in [2.05, 4.69) is 34.2 Å². The van der Waals surface area contributed by atoms with Gasteiger partial charge in [-0.2, -0.15) is 0 Å². The van der Waals surface area contributed by atoms with Crippen molar-refractivity contribution in [2.45, 2.75) is 64.0 Å². The van der Waals surface area contributed by atoms with Crippen molar-refractivity contribution < 1.29 is 14.3 Å². The van der Waals surface area contributed by atoms with E-state index in [0.717, 1.165) is 99.3 Å². The molecule has 1 amide bonds. The van der Waals surface area contributed by atoms with Crippen molar-refractivity contribution in [1.29, 1.82) is 0 Å². The molecular formula is C29H35N5O3. The molecule has 6 rings (SSSR count). The molecule has 0 aromatic carbocycles. The lowest BCUT2D eigenvalue weighted by Gasteiger charge is -2.47. The highest BCUT2D eigenvalue weighted by atomic mass is 16.5. The summed E-state index contributed by atoms with van der Waals surface area (Å²) < 4.78 is 11.9. The number of piperidine rings is 1. The molecule has 0 unspecified atom stereocenters. The van der Waals surface area contributed by atoms with Gasteiger partial charge in [0.1, 0.15) is 12.4 Å². The van der Waals surface area contributed by atoms with Gasteiger partial charge in [-0.3, -0.25) is 14.7 Å². The van der Waals surface area contributed by atoms with Crippen molar-refractivity contribution >= 4 is 17.4 Å². The van der Waals surface area contributed by atoms with Gasteiger partial charge in [-0.15, -0.1) is 0 Å². The van der Waals surface area contributed by atoms with Gasteiger partial charge in [0.25, 0.3) is 5.91 Å². The molecule has 1 N–H and O–H groups in total. The molecule has 3 saturated heterocycles. The van der Waals surface area contributed by atoms with Crippen LogP contribution in [-0.2, 0) is 16.1 Å². The molecule has 3 fully saturated rings. The van der Waals surface area contributed by atoms with Crippen LogP contribution in [0.25, 0.3) is 0 Å². The molecule has 0 saturated carbocycles. The van der Waals surface area contributed by atoms with Gasteiger partial charge in [0.05, 0.1) is 11.4 Å². The summed E-state index contributed by atoms with van der Waals surface area (Å²) in [6, 6.07) is 4.77. The molecule has 4 aliphatic heterocycles. The molecule has 8 heteroatoms. The standard InChI is InChI=1S/C29H35N5O3/c1-3-4-27(35)34-16-22(17-34)33-11-6-21(7-12-33)25-15-26-28(19(2)31-25)37-18-24-23(5-10-30-29(24)32-26)20-8-13-36-14-9-20/h5,10,15,20-22H,6-9,11-14,16-18H2,1-2H3,(H,30,32). The Morgan fingerprint density at radius 1 is 1.14 bits per heavy atom. The van der Waals surface area contributed by atoms with E-state index in [1.54, 1.807) is 6.92 Å². The van der Waals surface area contributed by atoms with E-state index >= 15 is 0 Å². The minimum atomic E-state index is -0.0519. The summed E-state index contributed by atoms with van der Waals surface area (Å²) in [4.78, 5) is 26.0. The number of anilines is 2. The highest BCUT2D eigenvalue weighted by Gasteiger charge is 2.36. The number of carbonyl (C=O) groups is 1. The first-order valence-electron chi connectivity index (χ1n) is 13.5. The summed E-state index contributed by atoms with van der Waals surface area (Å²) >= 11 is 0. The van der Waals surface area contributed by atoms with E-state index in [9.17, 15) is 4.79 Å². The Morgan fingerprint density at radius 3 is 2.68 bits per heavy atom. The van der Waals surface area contributed by atoms with E-state index in [1.807, 2.05) is 18.0 Å². The summed E-state index contributed by atoms with van der Waals surface area (Å²) in [5, 5.41) is 3.61. The summed E-state index contributed by atoms with van der Waals surface area (Å²) in [5.74, 6) is 7.91. The molecule has 0 aliphatic carbocycles. The second-order valence-electron chi connectivity index (χ2n) is 10.6. The molecule has 0 bridgehead atoms. The third-order valence-corrected chi connectivity index (χ3v) is 8.37. The van der Waals surface area contributed by atoms with E-state index in [1.165, 1.54) is 5.56 Å². The monoisotopic (exact) mass is 501 g/mol. The summed E-state index contributed by atoms with van der Waals surface area (Å²) in [6.45, 7) is 9.50. The molecule has 0 radical (unpaired) electrons. The van der Waals surface area contributed by atoms with E-state index in [-0.39, 0.29) is 5.91 Å². The number of nitrogens with zero attached hydrogens (tertiary/aromatic N) is 4. The van der Waals surface area contributed by atoms with E-state index < -0.39 is 0 Å². The Bertz CT molecular complexity index is 1230. The first-order valence-corrected chi connectivity index (χ1v) is 13.5. The molecule has 4 aliphatic rings. The van der Waals surface area contributed by atoms with Crippen LogP contribution in [0, 0.1) is 18.8 Å². The number of fused-ring (bicyclic) bond motifs is 2. The van der Waals surface area contributed by atoms with Crippen LogP contribution in [0.4, 0.5) is 11.5 Å². The van der Waals surface area contributed by atoms with Crippen LogP contribution in [0.2, 0.25) is 0 Å². The van der Waals surface area contributed by atoms with Gasteiger partial charge in [0.15, 0.2) is 5.75 Å². The number of hydrogen-bond acceptors (Lipinski definition) is 7. The molecule has 37 heavy (non-hydrogen) atoms. The molecule has 6 heterocycles. The average molecular weight is 502 g/mol. The van der Waals surface area contributed by atoms with Gasteiger partial charge in [0, 0.05) is 55.7 Å². The number of nitrogens with one attached hydrogen (secondary N) is 1. The first-order chi connectivity index (χ1) is 18.1. The molecule has 2 aromatic heterocycles. The number of hydrogen-bond donors (Lipinski definition) is 1. The largest absolute Gasteiger partial charge is 0.485 e. The molecule has 0 spiro atoms. The zero-order chi connectivity index (χ0) is 25.4. The first kappa shape index (κ1) is 24.2. The van der Waals surface area contributed by atoms with Crippen molar-refractivity contribution in [3.05, 3.63) is 40.8 Å². The zero-order valence-corrected chi connectivity index (χ0v) is 21.8. The summed E-state index contributed by atoms with van der Waals surface area (Å²) in [6.07, 6.45) is 6.11. The maximum Gasteiger partial charge on any atom is 0.298 e. The fourth-order valence-electron chi connectivity index (χ4n) is 6.20. The number of amides is 1. The van der Waals surface area contributed by atoms with Gasteiger partial charge in [-0.25, -0.2) is 4.98 Å². The van der Waals surface area contributed by atoms with Crippen molar-refractivity contribution in [2.75, 3.05) is 44.7 Å².